The van der Waals surface area contributed by atoms with Gasteiger partial charge in [0, 0.05) is 47.7 Å². The molecule has 2 aromatic carbocycles. The molecule has 0 aromatic heterocycles. The summed E-state index contributed by atoms with van der Waals surface area (Å²) in [4.78, 5) is 12.6. The van der Waals surface area contributed by atoms with Crippen molar-refractivity contribution in [2.24, 2.45) is 0 Å². The molecule has 1 amide bonds. The molecule has 0 atom stereocenters. The van der Waals surface area contributed by atoms with Gasteiger partial charge in [-0.1, -0.05) is 11.4 Å². The number of carbonyl (C=O) groups excluding carboxylic acids is 1. The standard InChI is InChI=1S/C18H21N2O.2W/c1-10-11(2)13(4)17(14(5)12(10)3)18(21)20-16-9-7-6-8-15(16)19;;/h6-8H,19H2,1-5H3,(H,20,21);;/q-1;;. The first-order valence-electron chi connectivity index (χ1n) is 6.99. The maximum Gasteiger partial charge on any atom is 0.254 e. The minimum Gasteiger partial charge on any atom is -0.448 e. The van der Waals surface area contributed by atoms with Crippen LogP contribution in [0.1, 0.15) is 38.2 Å². The Morgan fingerprint density at radius 3 is 1.91 bits per heavy atom. The molecule has 0 radical (unpaired) electrons. The molecule has 122 valence electrons. The summed E-state index contributed by atoms with van der Waals surface area (Å²) in [5.41, 5.74) is 13.2. The zero-order chi connectivity index (χ0) is 15.7. The van der Waals surface area contributed by atoms with Crippen molar-refractivity contribution in [1.82, 2.24) is 0 Å². The van der Waals surface area contributed by atoms with Crippen molar-refractivity contribution in [3.05, 3.63) is 57.6 Å². The van der Waals surface area contributed by atoms with Crippen LogP contribution in [-0.4, -0.2) is 5.91 Å². The third-order valence-electron chi connectivity index (χ3n) is 4.35. The SMILES string of the molecule is Cc1c(C)c(C)c(C(=O)Nc2[c-]cccc2N)c(C)c1C.[W].[W]. The molecule has 0 bridgehead atoms. The van der Waals surface area contributed by atoms with Gasteiger partial charge in [0.15, 0.2) is 0 Å². The second kappa shape index (κ2) is 8.80. The van der Waals surface area contributed by atoms with E-state index in [-0.39, 0.29) is 48.0 Å². The molecule has 0 spiro atoms. The van der Waals surface area contributed by atoms with Gasteiger partial charge in [-0.3, -0.25) is 4.79 Å². The van der Waals surface area contributed by atoms with Crippen molar-refractivity contribution < 1.29 is 46.9 Å². The van der Waals surface area contributed by atoms with Crippen molar-refractivity contribution in [3.8, 4) is 0 Å². The number of nitrogens with two attached hydrogens (primary N) is 1. The fourth-order valence-corrected chi connectivity index (χ4v) is 2.57. The molecule has 0 heterocycles. The third kappa shape index (κ3) is 4.34. The zero-order valence-electron chi connectivity index (χ0n) is 14.0. The molecule has 0 saturated heterocycles. The largest absolute Gasteiger partial charge is 0.448 e. The number of carbonyl (C=O) groups is 1. The van der Waals surface area contributed by atoms with E-state index in [4.69, 9.17) is 5.73 Å². The molecule has 0 aliphatic rings. The van der Waals surface area contributed by atoms with Crippen molar-refractivity contribution in [2.75, 3.05) is 11.1 Å². The molecular formula is C18H21N2OW2-. The van der Waals surface area contributed by atoms with E-state index in [1.54, 1.807) is 18.2 Å². The summed E-state index contributed by atoms with van der Waals surface area (Å²) in [7, 11) is 0. The number of amides is 1. The zero-order valence-corrected chi connectivity index (χ0v) is 19.9. The van der Waals surface area contributed by atoms with Gasteiger partial charge >= 0.3 is 0 Å². The average molecular weight is 649 g/mol. The summed E-state index contributed by atoms with van der Waals surface area (Å²) in [6, 6.07) is 8.23. The molecule has 0 aliphatic heterocycles. The summed E-state index contributed by atoms with van der Waals surface area (Å²) in [5, 5.41) is 2.86. The summed E-state index contributed by atoms with van der Waals surface area (Å²) in [6.45, 7) is 10.2. The molecule has 2 rings (SSSR count). The van der Waals surface area contributed by atoms with Crippen LogP contribution in [0.2, 0.25) is 0 Å². The predicted molar refractivity (Wildman–Crippen MR) is 87.8 cm³/mol. The van der Waals surface area contributed by atoms with Gasteiger partial charge in [0.1, 0.15) is 0 Å². The molecule has 2 aromatic rings. The molecule has 5 heteroatoms. The van der Waals surface area contributed by atoms with Crippen LogP contribution in [-0.2, 0) is 42.1 Å². The van der Waals surface area contributed by atoms with E-state index in [0.717, 1.165) is 27.8 Å². The third-order valence-corrected chi connectivity index (χ3v) is 4.35. The second-order valence-corrected chi connectivity index (χ2v) is 5.45. The number of nitrogen functional groups attached to an aromatic ring is 1. The summed E-state index contributed by atoms with van der Waals surface area (Å²) < 4.78 is 0. The Morgan fingerprint density at radius 2 is 1.43 bits per heavy atom. The van der Waals surface area contributed by atoms with Crippen molar-refractivity contribution in [3.63, 3.8) is 0 Å². The fourth-order valence-electron chi connectivity index (χ4n) is 2.57. The topological polar surface area (TPSA) is 55.1 Å². The van der Waals surface area contributed by atoms with Crippen LogP contribution >= 0.6 is 0 Å². The number of anilines is 2. The number of hydrogen-bond acceptors (Lipinski definition) is 2. The van der Waals surface area contributed by atoms with Gasteiger partial charge < -0.3 is 11.1 Å². The average Bonchev–Trinajstić information content (AvgIpc) is 2.46. The van der Waals surface area contributed by atoms with Crippen molar-refractivity contribution in [2.45, 2.75) is 34.6 Å². The van der Waals surface area contributed by atoms with E-state index in [1.807, 2.05) is 13.8 Å². The molecule has 3 nitrogen and oxygen atoms in total. The number of rotatable bonds is 2. The van der Waals surface area contributed by atoms with E-state index in [2.05, 4.69) is 32.2 Å². The van der Waals surface area contributed by atoms with Crippen LogP contribution in [0.5, 0.6) is 0 Å². The molecule has 0 saturated carbocycles. The molecule has 0 aliphatic carbocycles. The first kappa shape index (κ1) is 22.1. The van der Waals surface area contributed by atoms with Gasteiger partial charge in [-0.2, -0.15) is 18.2 Å². The van der Waals surface area contributed by atoms with E-state index in [0.29, 0.717) is 11.4 Å². The Morgan fingerprint density at radius 1 is 0.957 bits per heavy atom. The van der Waals surface area contributed by atoms with Gasteiger partial charge in [-0.25, -0.2) is 0 Å². The van der Waals surface area contributed by atoms with E-state index in [9.17, 15) is 4.79 Å². The smallest absolute Gasteiger partial charge is 0.254 e. The van der Waals surface area contributed by atoms with E-state index >= 15 is 0 Å². The van der Waals surface area contributed by atoms with Crippen LogP contribution in [0, 0.1) is 40.7 Å². The minimum absolute atomic E-state index is 0. The molecule has 23 heavy (non-hydrogen) atoms. The Balaban J connectivity index is 0.00000242. The predicted octanol–water partition coefficient (Wildman–Crippen LogP) is 3.86. The normalized spacial score (nSPS) is 9.61. The van der Waals surface area contributed by atoms with Gasteiger partial charge in [-0.05, 0) is 62.4 Å². The van der Waals surface area contributed by atoms with Crippen LogP contribution in [0.4, 0.5) is 11.4 Å². The Hall–Kier alpha value is -0.913. The Labute approximate surface area is 167 Å². The number of benzene rings is 2. The Bertz CT molecular complexity index is 698. The first-order chi connectivity index (χ1) is 9.84. The molecule has 3 N–H and O–H groups in total. The van der Waals surface area contributed by atoms with Crippen LogP contribution in [0.3, 0.4) is 0 Å². The van der Waals surface area contributed by atoms with Crippen LogP contribution in [0.25, 0.3) is 0 Å². The number of para-hydroxylation sites is 1. The Kier molecular flexibility index (Phi) is 8.45. The first-order valence-corrected chi connectivity index (χ1v) is 6.99. The molecule has 0 fully saturated rings. The summed E-state index contributed by atoms with van der Waals surface area (Å²) in [5.74, 6) is -0.134. The van der Waals surface area contributed by atoms with Gasteiger partial charge in [-0.15, -0.1) is 6.07 Å². The maximum atomic E-state index is 12.6. The quantitative estimate of drug-likeness (QED) is 0.384. The number of hydrogen-bond donors (Lipinski definition) is 2. The second-order valence-electron chi connectivity index (χ2n) is 5.45. The fraction of sp³-hybridized carbons (Fsp3) is 0.278. The molecule has 0 unspecified atom stereocenters. The minimum atomic E-state index is -0.134. The van der Waals surface area contributed by atoms with Crippen LogP contribution < -0.4 is 11.1 Å². The van der Waals surface area contributed by atoms with E-state index in [1.165, 1.54) is 5.56 Å². The van der Waals surface area contributed by atoms with Gasteiger partial charge in [0.2, 0.25) is 0 Å². The van der Waals surface area contributed by atoms with E-state index < -0.39 is 0 Å². The summed E-state index contributed by atoms with van der Waals surface area (Å²) in [6.07, 6.45) is 0. The number of nitrogens with one attached hydrogen (secondary N) is 1. The van der Waals surface area contributed by atoms with Gasteiger partial charge in [0.05, 0.1) is 0 Å². The summed E-state index contributed by atoms with van der Waals surface area (Å²) >= 11 is 0. The van der Waals surface area contributed by atoms with Crippen LogP contribution in [0.15, 0.2) is 18.2 Å². The van der Waals surface area contributed by atoms with Crippen molar-refractivity contribution in [1.29, 1.82) is 0 Å². The van der Waals surface area contributed by atoms with Crippen molar-refractivity contribution >= 4 is 17.3 Å². The maximum absolute atomic E-state index is 12.6. The monoisotopic (exact) mass is 649 g/mol. The molecular weight excluding hydrogens is 628 g/mol. The van der Waals surface area contributed by atoms with Gasteiger partial charge in [0.25, 0.3) is 5.91 Å².